The molecular weight excluding hydrogens is 453 g/mol. The van der Waals surface area contributed by atoms with Gasteiger partial charge in [-0.1, -0.05) is 66.3 Å². The van der Waals surface area contributed by atoms with Crippen LogP contribution in [0.2, 0.25) is 15.1 Å². The zero-order valence-electron chi connectivity index (χ0n) is 17.8. The number of fused-ring (bicyclic) bond motifs is 1. The number of benzene rings is 2. The molecule has 1 N–H and O–H groups in total. The van der Waals surface area contributed by atoms with Crippen molar-refractivity contribution in [3.8, 4) is 0 Å². The average Bonchev–Trinajstić information content (AvgIpc) is 2.71. The highest BCUT2D eigenvalue weighted by molar-refractivity contribution is 6.42. The van der Waals surface area contributed by atoms with E-state index in [1.807, 2.05) is 42.5 Å². The summed E-state index contributed by atoms with van der Waals surface area (Å²) in [4.78, 5) is 13.0. The molecule has 2 aromatic carbocycles. The Morgan fingerprint density at radius 3 is 2.55 bits per heavy atom. The van der Waals surface area contributed by atoms with Crippen LogP contribution in [-0.4, -0.2) is 17.6 Å². The van der Waals surface area contributed by atoms with E-state index in [9.17, 15) is 4.79 Å². The van der Waals surface area contributed by atoms with Gasteiger partial charge in [-0.3, -0.25) is 4.79 Å². The predicted molar refractivity (Wildman–Crippen MR) is 127 cm³/mol. The molecule has 3 nitrogen and oxygen atoms in total. The largest absolute Gasteiger partial charge is 0.370 e. The fraction of sp³-hybridized carbons (Fsp3) is 0.480. The van der Waals surface area contributed by atoms with Crippen molar-refractivity contribution in [1.29, 1.82) is 0 Å². The number of amides is 1. The van der Waals surface area contributed by atoms with E-state index in [0.717, 1.165) is 30.4 Å². The van der Waals surface area contributed by atoms with Crippen molar-refractivity contribution in [3.63, 3.8) is 0 Å². The maximum Gasteiger partial charge on any atom is 0.224 e. The van der Waals surface area contributed by atoms with Gasteiger partial charge >= 0.3 is 0 Å². The van der Waals surface area contributed by atoms with Gasteiger partial charge in [-0.2, -0.15) is 0 Å². The third-order valence-corrected chi connectivity index (χ3v) is 7.83. The number of carbonyl (C=O) groups is 1. The zero-order chi connectivity index (χ0) is 22.2. The second-order valence-corrected chi connectivity index (χ2v) is 10.6. The molecule has 2 fully saturated rings. The number of hydrogen-bond acceptors (Lipinski definition) is 2. The topological polar surface area (TPSA) is 38.3 Å². The molecule has 6 heteroatoms. The standard InChI is InChI=1S/C25H28Cl3NO2/c1-15-3-9-19-22(11-15)31-23(17-6-10-20(27)21(28)13-17)14-25(19,2)29-24(30)12-16-4-7-18(26)8-5-16/h4-8,10,13,15,19,22-23H,3,9,11-12,14H2,1-2H3,(H,29,30)/t15-,19-,22-,23-,25-/m0/s1. The number of carbonyl (C=O) groups excluding carboxylic acids is 1. The van der Waals surface area contributed by atoms with E-state index in [0.29, 0.717) is 33.8 Å². The molecule has 0 bridgehead atoms. The SMILES string of the molecule is C[C@H]1CC[C@H]2[C@H](C1)O[C@H](c1ccc(Cl)c(Cl)c1)C[C@]2(C)NC(=O)Cc1ccc(Cl)cc1. The molecule has 166 valence electrons. The Balaban J connectivity index is 1.56. The van der Waals surface area contributed by atoms with Crippen LogP contribution in [0.3, 0.4) is 0 Å². The highest BCUT2D eigenvalue weighted by atomic mass is 35.5. The highest BCUT2D eigenvalue weighted by Crippen LogP contribution is 2.48. The molecule has 1 aliphatic heterocycles. The maximum atomic E-state index is 13.0. The van der Waals surface area contributed by atoms with Crippen molar-refractivity contribution in [2.24, 2.45) is 11.8 Å². The van der Waals surface area contributed by atoms with Crippen LogP contribution in [0.15, 0.2) is 42.5 Å². The first-order chi connectivity index (χ1) is 14.7. The normalized spacial score (nSPS) is 30.5. The summed E-state index contributed by atoms with van der Waals surface area (Å²) in [6.45, 7) is 4.45. The molecule has 1 amide bonds. The summed E-state index contributed by atoms with van der Waals surface area (Å²) in [5, 5.41) is 5.11. The number of hydrogen-bond donors (Lipinski definition) is 1. The molecule has 1 saturated heterocycles. The van der Waals surface area contributed by atoms with Crippen LogP contribution < -0.4 is 5.32 Å². The van der Waals surface area contributed by atoms with Gasteiger partial charge in [-0.15, -0.1) is 0 Å². The molecule has 1 saturated carbocycles. The number of halogens is 3. The van der Waals surface area contributed by atoms with Crippen LogP contribution in [0, 0.1) is 11.8 Å². The molecule has 1 aliphatic carbocycles. The van der Waals surface area contributed by atoms with Crippen LogP contribution in [0.5, 0.6) is 0 Å². The lowest BCUT2D eigenvalue weighted by Gasteiger charge is -2.52. The minimum Gasteiger partial charge on any atom is -0.370 e. The lowest BCUT2D eigenvalue weighted by Crippen LogP contribution is -2.60. The fourth-order valence-electron chi connectivity index (χ4n) is 5.21. The maximum absolute atomic E-state index is 13.0. The van der Waals surface area contributed by atoms with Gasteiger partial charge in [0.2, 0.25) is 5.91 Å². The van der Waals surface area contributed by atoms with E-state index in [-0.39, 0.29) is 29.6 Å². The van der Waals surface area contributed by atoms with Gasteiger partial charge in [0.15, 0.2) is 0 Å². The molecule has 2 aliphatic rings. The van der Waals surface area contributed by atoms with E-state index >= 15 is 0 Å². The lowest BCUT2D eigenvalue weighted by atomic mass is 9.66. The summed E-state index contributed by atoms with van der Waals surface area (Å²) in [6, 6.07) is 13.1. The quantitative estimate of drug-likeness (QED) is 0.510. The minimum absolute atomic E-state index is 0.0250. The number of nitrogens with one attached hydrogen (secondary N) is 1. The summed E-state index contributed by atoms with van der Waals surface area (Å²) in [5.74, 6) is 0.927. The van der Waals surface area contributed by atoms with Crippen molar-refractivity contribution in [2.75, 3.05) is 0 Å². The second kappa shape index (κ2) is 9.31. The second-order valence-electron chi connectivity index (χ2n) is 9.33. The summed E-state index contributed by atoms with van der Waals surface area (Å²) >= 11 is 18.4. The fourth-order valence-corrected chi connectivity index (χ4v) is 5.64. The van der Waals surface area contributed by atoms with Gasteiger partial charge in [0.1, 0.15) is 0 Å². The Labute approximate surface area is 199 Å². The van der Waals surface area contributed by atoms with Crippen molar-refractivity contribution in [1.82, 2.24) is 5.32 Å². The van der Waals surface area contributed by atoms with E-state index in [4.69, 9.17) is 39.5 Å². The first-order valence-corrected chi connectivity index (χ1v) is 12.0. The van der Waals surface area contributed by atoms with Crippen LogP contribution in [0.1, 0.15) is 56.8 Å². The van der Waals surface area contributed by atoms with Crippen molar-refractivity contribution in [2.45, 2.75) is 63.7 Å². The molecule has 0 spiro atoms. The first kappa shape index (κ1) is 22.9. The Morgan fingerprint density at radius 1 is 1.10 bits per heavy atom. The molecule has 5 atom stereocenters. The smallest absolute Gasteiger partial charge is 0.224 e. The first-order valence-electron chi connectivity index (χ1n) is 10.9. The molecule has 2 aromatic rings. The van der Waals surface area contributed by atoms with Crippen LogP contribution >= 0.6 is 34.8 Å². The third kappa shape index (κ3) is 5.22. The van der Waals surface area contributed by atoms with Crippen molar-refractivity contribution < 1.29 is 9.53 Å². The van der Waals surface area contributed by atoms with E-state index in [2.05, 4.69) is 19.2 Å². The molecule has 0 unspecified atom stereocenters. The van der Waals surface area contributed by atoms with Gasteiger partial charge < -0.3 is 10.1 Å². The molecule has 0 aromatic heterocycles. The molecule has 0 radical (unpaired) electrons. The molecule has 4 rings (SSSR count). The Kier molecular flexibility index (Phi) is 6.88. The monoisotopic (exact) mass is 479 g/mol. The number of rotatable bonds is 4. The Bertz CT molecular complexity index is 948. The summed E-state index contributed by atoms with van der Waals surface area (Å²) in [5.41, 5.74) is 1.60. The molecule has 31 heavy (non-hydrogen) atoms. The van der Waals surface area contributed by atoms with Crippen molar-refractivity contribution in [3.05, 3.63) is 68.7 Å². The van der Waals surface area contributed by atoms with E-state index < -0.39 is 0 Å². The Hall–Kier alpha value is -1.26. The molecule has 1 heterocycles. The third-order valence-electron chi connectivity index (χ3n) is 6.84. The van der Waals surface area contributed by atoms with E-state index in [1.165, 1.54) is 0 Å². The lowest BCUT2D eigenvalue weighted by molar-refractivity contribution is -0.153. The van der Waals surface area contributed by atoms with Crippen molar-refractivity contribution >= 4 is 40.7 Å². The highest BCUT2D eigenvalue weighted by Gasteiger charge is 2.49. The summed E-state index contributed by atoms with van der Waals surface area (Å²) in [7, 11) is 0. The van der Waals surface area contributed by atoms with Crippen LogP contribution in [0.4, 0.5) is 0 Å². The summed E-state index contributed by atoms with van der Waals surface area (Å²) in [6.07, 6.45) is 4.22. The van der Waals surface area contributed by atoms with Gasteiger partial charge in [0.05, 0.1) is 28.7 Å². The van der Waals surface area contributed by atoms with Gasteiger partial charge in [0, 0.05) is 22.9 Å². The average molecular weight is 481 g/mol. The van der Waals surface area contributed by atoms with Gasteiger partial charge in [-0.05, 0) is 61.1 Å². The zero-order valence-corrected chi connectivity index (χ0v) is 20.1. The predicted octanol–water partition coefficient (Wildman–Crippen LogP) is 7.03. The summed E-state index contributed by atoms with van der Waals surface area (Å²) < 4.78 is 6.58. The Morgan fingerprint density at radius 2 is 1.84 bits per heavy atom. The van der Waals surface area contributed by atoms with E-state index in [1.54, 1.807) is 0 Å². The van der Waals surface area contributed by atoms with Crippen LogP contribution in [0.25, 0.3) is 0 Å². The van der Waals surface area contributed by atoms with Gasteiger partial charge in [-0.25, -0.2) is 0 Å². The molecular formula is C25H28Cl3NO2. The minimum atomic E-state index is -0.358. The number of ether oxygens (including phenoxy) is 1. The van der Waals surface area contributed by atoms with Crippen LogP contribution in [-0.2, 0) is 16.0 Å². The van der Waals surface area contributed by atoms with Gasteiger partial charge in [0.25, 0.3) is 0 Å².